The lowest BCUT2D eigenvalue weighted by Crippen LogP contribution is -2.16. The molecule has 6 nitrogen and oxygen atoms in total. The molecule has 0 spiro atoms. The number of nitrogens with one attached hydrogen (secondary N) is 1. The zero-order valence-corrected chi connectivity index (χ0v) is 12.9. The number of imidazole rings is 1. The fraction of sp³-hybridized carbons (Fsp3) is 0.312. The van der Waals surface area contributed by atoms with Crippen LogP contribution in [0, 0.1) is 13.8 Å². The Hall–Kier alpha value is -2.63. The number of fused-ring (bicyclic) bond motifs is 1. The molecule has 0 bridgehead atoms. The van der Waals surface area contributed by atoms with E-state index in [1.165, 1.54) is 0 Å². The molecule has 0 radical (unpaired) electrons. The van der Waals surface area contributed by atoms with Crippen LogP contribution in [0.15, 0.2) is 28.9 Å². The number of hydrogen-bond acceptors (Lipinski definition) is 4. The van der Waals surface area contributed by atoms with Gasteiger partial charge in [-0.25, -0.2) is 4.98 Å². The number of carbonyl (C=O) groups is 1. The van der Waals surface area contributed by atoms with E-state index in [4.69, 9.17) is 4.52 Å². The molecule has 0 aliphatic rings. The Morgan fingerprint density at radius 1 is 1.36 bits per heavy atom. The van der Waals surface area contributed by atoms with Gasteiger partial charge in [-0.1, -0.05) is 24.6 Å². The molecule has 0 atom stereocenters. The van der Waals surface area contributed by atoms with Gasteiger partial charge in [-0.2, -0.15) is 0 Å². The summed E-state index contributed by atoms with van der Waals surface area (Å²) < 4.78 is 6.82. The molecular weight excluding hydrogens is 280 g/mol. The van der Waals surface area contributed by atoms with E-state index in [1.807, 2.05) is 29.7 Å². The number of hydrogen-bond donors (Lipinski definition) is 1. The monoisotopic (exact) mass is 298 g/mol. The highest BCUT2D eigenvalue weighted by molar-refractivity contribution is 6.04. The predicted octanol–water partition coefficient (Wildman–Crippen LogP) is 3.14. The van der Waals surface area contributed by atoms with E-state index in [-0.39, 0.29) is 5.91 Å². The number of amides is 1. The quantitative estimate of drug-likeness (QED) is 0.803. The van der Waals surface area contributed by atoms with E-state index in [0.29, 0.717) is 17.3 Å². The highest BCUT2D eigenvalue weighted by Gasteiger charge is 2.19. The van der Waals surface area contributed by atoms with Crippen LogP contribution in [0.2, 0.25) is 0 Å². The van der Waals surface area contributed by atoms with Gasteiger partial charge in [-0.15, -0.1) is 0 Å². The average Bonchev–Trinajstić information content (AvgIpc) is 3.02. The number of aromatic nitrogens is 3. The Kier molecular flexibility index (Phi) is 3.66. The van der Waals surface area contributed by atoms with Gasteiger partial charge in [0.25, 0.3) is 5.91 Å². The summed E-state index contributed by atoms with van der Waals surface area (Å²) in [6.45, 7) is 5.84. The number of aryl methyl sites for hydroxylation is 3. The lowest BCUT2D eigenvalue weighted by atomic mass is 10.2. The van der Waals surface area contributed by atoms with Crippen molar-refractivity contribution in [3.05, 3.63) is 47.1 Å². The SMILES string of the molecule is CCCc1nc2ccc(C)cn2c1C(=O)Nc1cc(C)on1. The van der Waals surface area contributed by atoms with Crippen LogP contribution in [0.4, 0.5) is 5.82 Å². The van der Waals surface area contributed by atoms with Crippen molar-refractivity contribution in [3.8, 4) is 0 Å². The Morgan fingerprint density at radius 2 is 2.18 bits per heavy atom. The van der Waals surface area contributed by atoms with Crippen LogP contribution in [-0.4, -0.2) is 20.4 Å². The largest absolute Gasteiger partial charge is 0.360 e. The minimum Gasteiger partial charge on any atom is -0.360 e. The van der Waals surface area contributed by atoms with Gasteiger partial charge in [0.05, 0.1) is 5.69 Å². The molecule has 0 aromatic carbocycles. The van der Waals surface area contributed by atoms with Crippen molar-refractivity contribution < 1.29 is 9.32 Å². The molecule has 1 N–H and O–H groups in total. The van der Waals surface area contributed by atoms with Crippen molar-refractivity contribution in [2.45, 2.75) is 33.6 Å². The molecule has 0 saturated heterocycles. The number of pyridine rings is 1. The summed E-state index contributed by atoms with van der Waals surface area (Å²) in [6, 6.07) is 5.60. The second-order valence-corrected chi connectivity index (χ2v) is 5.37. The minimum atomic E-state index is -0.227. The van der Waals surface area contributed by atoms with Gasteiger partial charge in [0.2, 0.25) is 0 Å². The third-order valence-corrected chi connectivity index (χ3v) is 3.41. The predicted molar refractivity (Wildman–Crippen MR) is 83.1 cm³/mol. The number of carbonyl (C=O) groups excluding carboxylic acids is 1. The van der Waals surface area contributed by atoms with Crippen LogP contribution in [0.25, 0.3) is 5.65 Å². The van der Waals surface area contributed by atoms with Gasteiger partial charge >= 0.3 is 0 Å². The molecule has 0 aliphatic carbocycles. The zero-order chi connectivity index (χ0) is 15.7. The lowest BCUT2D eigenvalue weighted by molar-refractivity contribution is 0.101. The summed E-state index contributed by atoms with van der Waals surface area (Å²) in [5, 5.41) is 6.57. The summed E-state index contributed by atoms with van der Waals surface area (Å²) in [4.78, 5) is 17.2. The average molecular weight is 298 g/mol. The van der Waals surface area contributed by atoms with Crippen LogP contribution in [0.1, 0.15) is 40.9 Å². The topological polar surface area (TPSA) is 72.4 Å². The Balaban J connectivity index is 2.04. The van der Waals surface area contributed by atoms with Gasteiger partial charge < -0.3 is 9.84 Å². The Bertz CT molecular complexity index is 832. The van der Waals surface area contributed by atoms with E-state index in [9.17, 15) is 4.79 Å². The van der Waals surface area contributed by atoms with E-state index in [1.54, 1.807) is 13.0 Å². The third-order valence-electron chi connectivity index (χ3n) is 3.41. The lowest BCUT2D eigenvalue weighted by Gasteiger charge is -2.05. The molecule has 1 amide bonds. The number of nitrogens with zero attached hydrogens (tertiary/aromatic N) is 3. The first-order valence-corrected chi connectivity index (χ1v) is 7.30. The van der Waals surface area contributed by atoms with Crippen LogP contribution < -0.4 is 5.32 Å². The van der Waals surface area contributed by atoms with Crippen molar-refractivity contribution >= 4 is 17.4 Å². The van der Waals surface area contributed by atoms with Crippen molar-refractivity contribution in [2.24, 2.45) is 0 Å². The van der Waals surface area contributed by atoms with Crippen molar-refractivity contribution in [1.82, 2.24) is 14.5 Å². The van der Waals surface area contributed by atoms with Crippen molar-refractivity contribution in [1.29, 1.82) is 0 Å². The third kappa shape index (κ3) is 2.59. The maximum Gasteiger partial charge on any atom is 0.275 e. The smallest absolute Gasteiger partial charge is 0.275 e. The van der Waals surface area contributed by atoms with Gasteiger partial charge in [-0.05, 0) is 31.9 Å². The second-order valence-electron chi connectivity index (χ2n) is 5.37. The van der Waals surface area contributed by atoms with Crippen molar-refractivity contribution in [3.63, 3.8) is 0 Å². The van der Waals surface area contributed by atoms with Crippen molar-refractivity contribution in [2.75, 3.05) is 5.32 Å². The van der Waals surface area contributed by atoms with Gasteiger partial charge in [-0.3, -0.25) is 9.20 Å². The molecule has 0 fully saturated rings. The Morgan fingerprint density at radius 3 is 2.86 bits per heavy atom. The molecule has 0 aliphatic heterocycles. The van der Waals surface area contributed by atoms with Gasteiger partial charge in [0, 0.05) is 12.3 Å². The van der Waals surface area contributed by atoms with Crippen LogP contribution >= 0.6 is 0 Å². The van der Waals surface area contributed by atoms with Crippen LogP contribution in [-0.2, 0) is 6.42 Å². The minimum absolute atomic E-state index is 0.227. The highest BCUT2D eigenvalue weighted by Crippen LogP contribution is 2.18. The molecule has 3 heterocycles. The molecule has 114 valence electrons. The van der Waals surface area contributed by atoms with E-state index in [0.717, 1.165) is 29.7 Å². The van der Waals surface area contributed by atoms with Crippen LogP contribution in [0.5, 0.6) is 0 Å². The molecule has 0 unspecified atom stereocenters. The second kappa shape index (κ2) is 5.63. The summed E-state index contributed by atoms with van der Waals surface area (Å²) >= 11 is 0. The molecule has 0 saturated carbocycles. The number of anilines is 1. The molecule has 3 rings (SSSR count). The van der Waals surface area contributed by atoms with Crippen LogP contribution in [0.3, 0.4) is 0 Å². The Labute approximate surface area is 128 Å². The molecule has 3 aromatic rings. The summed E-state index contributed by atoms with van der Waals surface area (Å²) in [5.41, 5.74) is 3.20. The number of rotatable bonds is 4. The zero-order valence-electron chi connectivity index (χ0n) is 12.9. The molecule has 6 heteroatoms. The molecular formula is C16H18N4O2. The first-order chi connectivity index (χ1) is 10.6. The highest BCUT2D eigenvalue weighted by atomic mass is 16.5. The maximum absolute atomic E-state index is 12.7. The molecule has 3 aromatic heterocycles. The maximum atomic E-state index is 12.7. The summed E-state index contributed by atoms with van der Waals surface area (Å²) in [5.74, 6) is 0.834. The summed E-state index contributed by atoms with van der Waals surface area (Å²) in [6.07, 6.45) is 3.60. The fourth-order valence-corrected chi connectivity index (χ4v) is 2.45. The normalized spacial score (nSPS) is 11.0. The fourth-order valence-electron chi connectivity index (χ4n) is 2.45. The molecule has 22 heavy (non-hydrogen) atoms. The summed E-state index contributed by atoms with van der Waals surface area (Å²) in [7, 11) is 0. The van der Waals surface area contributed by atoms with Gasteiger partial charge in [0.1, 0.15) is 17.1 Å². The van der Waals surface area contributed by atoms with E-state index < -0.39 is 0 Å². The standard InChI is InChI=1S/C16H18N4O2/c1-4-5-12-15(16(21)18-13-8-11(3)22-19-13)20-9-10(2)6-7-14(20)17-12/h6-9H,4-5H2,1-3H3,(H,18,19,21). The van der Waals surface area contributed by atoms with Gasteiger partial charge in [0.15, 0.2) is 5.82 Å². The van der Waals surface area contributed by atoms with E-state index >= 15 is 0 Å². The first-order valence-electron chi connectivity index (χ1n) is 7.30. The first kappa shape index (κ1) is 14.3. The van der Waals surface area contributed by atoms with E-state index in [2.05, 4.69) is 22.4 Å².